The van der Waals surface area contributed by atoms with Gasteiger partial charge in [0.05, 0.1) is 10.8 Å². The maximum Gasteiger partial charge on any atom is 0.0504 e. The normalized spacial score (nSPS) is 12.4. The number of hydrogen-bond donors (Lipinski definition) is 0. The first-order valence-corrected chi connectivity index (χ1v) is 7.22. The molecule has 0 saturated carbocycles. The molecule has 0 bridgehead atoms. The van der Waals surface area contributed by atoms with Gasteiger partial charge in [-0.25, -0.2) is 0 Å². The molecule has 0 radical (unpaired) electrons. The molecule has 3 heteroatoms. The second-order valence-electron chi connectivity index (χ2n) is 3.46. The zero-order chi connectivity index (χ0) is 11.5. The molecule has 0 amide bonds. The van der Waals surface area contributed by atoms with Crippen molar-refractivity contribution in [2.75, 3.05) is 6.26 Å². The summed E-state index contributed by atoms with van der Waals surface area (Å²) in [6, 6.07) is 15.8. The van der Waals surface area contributed by atoms with E-state index >= 15 is 0 Å². The van der Waals surface area contributed by atoms with Crippen LogP contribution in [0.25, 0.3) is 11.1 Å². The Labute approximate surface area is 106 Å². The van der Waals surface area contributed by atoms with E-state index in [2.05, 4.69) is 15.9 Å². The van der Waals surface area contributed by atoms with Gasteiger partial charge in [0.15, 0.2) is 0 Å². The fraction of sp³-hybridized carbons (Fsp3) is 0.0769. The van der Waals surface area contributed by atoms with Gasteiger partial charge < -0.3 is 0 Å². The van der Waals surface area contributed by atoms with E-state index in [4.69, 9.17) is 0 Å². The van der Waals surface area contributed by atoms with E-state index in [1.54, 1.807) is 6.26 Å². The highest BCUT2D eigenvalue weighted by molar-refractivity contribution is 9.10. The molecule has 82 valence electrons. The van der Waals surface area contributed by atoms with Gasteiger partial charge in [0.1, 0.15) is 0 Å². The highest BCUT2D eigenvalue weighted by atomic mass is 79.9. The highest BCUT2D eigenvalue weighted by Crippen LogP contribution is 2.28. The molecule has 0 fully saturated rings. The molecule has 1 nitrogen and oxygen atoms in total. The molecule has 0 heterocycles. The summed E-state index contributed by atoms with van der Waals surface area (Å²) in [5.41, 5.74) is 2.12. The fourth-order valence-corrected chi connectivity index (χ4v) is 2.70. The van der Waals surface area contributed by atoms with E-state index in [1.807, 2.05) is 48.5 Å². The minimum atomic E-state index is -0.970. The lowest BCUT2D eigenvalue weighted by Gasteiger charge is -2.07. The summed E-state index contributed by atoms with van der Waals surface area (Å²) in [6.45, 7) is 0. The van der Waals surface area contributed by atoms with Crippen LogP contribution in [0.1, 0.15) is 0 Å². The first-order valence-electron chi connectivity index (χ1n) is 4.87. The van der Waals surface area contributed by atoms with E-state index in [0.29, 0.717) is 0 Å². The molecule has 0 saturated heterocycles. The van der Waals surface area contributed by atoms with Crippen molar-refractivity contribution in [3.8, 4) is 11.1 Å². The summed E-state index contributed by atoms with van der Waals surface area (Å²) in [5, 5.41) is 0. The molecule has 0 N–H and O–H groups in total. The van der Waals surface area contributed by atoms with Gasteiger partial charge in [-0.2, -0.15) is 0 Å². The van der Waals surface area contributed by atoms with Gasteiger partial charge in [0.2, 0.25) is 0 Å². The Balaban J connectivity index is 2.63. The van der Waals surface area contributed by atoms with Gasteiger partial charge in [0, 0.05) is 15.6 Å². The van der Waals surface area contributed by atoms with Crippen molar-refractivity contribution in [2.24, 2.45) is 0 Å². The van der Waals surface area contributed by atoms with Crippen LogP contribution in [0, 0.1) is 0 Å². The van der Waals surface area contributed by atoms with Crippen LogP contribution < -0.4 is 0 Å². The minimum absolute atomic E-state index is 0.870. The summed E-state index contributed by atoms with van der Waals surface area (Å²) in [4.78, 5) is 0.870. The molecular formula is C13H11BrOS. The van der Waals surface area contributed by atoms with Crippen LogP contribution >= 0.6 is 15.9 Å². The van der Waals surface area contributed by atoms with Crippen LogP contribution in [-0.4, -0.2) is 10.5 Å². The van der Waals surface area contributed by atoms with E-state index in [0.717, 1.165) is 20.5 Å². The average molecular weight is 295 g/mol. The van der Waals surface area contributed by atoms with Crippen LogP contribution in [0.5, 0.6) is 0 Å². The Morgan fingerprint density at radius 3 is 2.38 bits per heavy atom. The third-order valence-electron chi connectivity index (χ3n) is 2.34. The molecule has 0 aliphatic heterocycles. The molecule has 1 unspecified atom stereocenters. The maximum absolute atomic E-state index is 11.6. The van der Waals surface area contributed by atoms with E-state index in [1.165, 1.54) is 0 Å². The van der Waals surface area contributed by atoms with Crippen LogP contribution in [0.3, 0.4) is 0 Å². The molecule has 2 aromatic carbocycles. The van der Waals surface area contributed by atoms with Crippen molar-refractivity contribution in [1.29, 1.82) is 0 Å². The van der Waals surface area contributed by atoms with Crippen molar-refractivity contribution in [1.82, 2.24) is 0 Å². The smallest absolute Gasteiger partial charge is 0.0504 e. The van der Waals surface area contributed by atoms with E-state index in [9.17, 15) is 4.21 Å². The number of halogens is 1. The van der Waals surface area contributed by atoms with Gasteiger partial charge in [-0.1, -0.05) is 46.3 Å². The van der Waals surface area contributed by atoms with Crippen LogP contribution in [-0.2, 0) is 10.8 Å². The van der Waals surface area contributed by atoms with Gasteiger partial charge >= 0.3 is 0 Å². The summed E-state index contributed by atoms with van der Waals surface area (Å²) >= 11 is 3.44. The topological polar surface area (TPSA) is 17.1 Å². The average Bonchev–Trinajstić information content (AvgIpc) is 2.29. The monoisotopic (exact) mass is 294 g/mol. The number of benzene rings is 2. The zero-order valence-corrected chi connectivity index (χ0v) is 11.2. The molecule has 2 rings (SSSR count). The lowest BCUT2D eigenvalue weighted by atomic mass is 10.1. The Kier molecular flexibility index (Phi) is 3.56. The standard InChI is InChI=1S/C13H11BrOS/c1-16(15)13-8-7-11(14)9-12(13)10-5-3-2-4-6-10/h2-9H,1H3. The number of hydrogen-bond acceptors (Lipinski definition) is 1. The Bertz CT molecular complexity index is 523. The highest BCUT2D eigenvalue weighted by Gasteiger charge is 2.08. The summed E-state index contributed by atoms with van der Waals surface area (Å²) in [5.74, 6) is 0. The molecular weight excluding hydrogens is 284 g/mol. The molecule has 0 aliphatic carbocycles. The van der Waals surface area contributed by atoms with Crippen molar-refractivity contribution >= 4 is 26.7 Å². The van der Waals surface area contributed by atoms with E-state index in [-0.39, 0.29) is 0 Å². The molecule has 1 atom stereocenters. The largest absolute Gasteiger partial charge is 0.255 e. The molecule has 16 heavy (non-hydrogen) atoms. The summed E-state index contributed by atoms with van der Waals surface area (Å²) in [7, 11) is -0.970. The lowest BCUT2D eigenvalue weighted by molar-refractivity contribution is 0.687. The zero-order valence-electron chi connectivity index (χ0n) is 8.81. The van der Waals surface area contributed by atoms with E-state index < -0.39 is 10.8 Å². The third-order valence-corrected chi connectivity index (χ3v) is 3.80. The van der Waals surface area contributed by atoms with Crippen LogP contribution in [0.4, 0.5) is 0 Å². The first-order chi connectivity index (χ1) is 7.68. The summed E-state index contributed by atoms with van der Waals surface area (Å²) < 4.78 is 12.6. The van der Waals surface area contributed by atoms with Crippen molar-refractivity contribution in [2.45, 2.75) is 4.90 Å². The first kappa shape index (κ1) is 11.6. The molecule has 0 aliphatic rings. The lowest BCUT2D eigenvalue weighted by Crippen LogP contribution is -1.92. The Morgan fingerprint density at radius 1 is 1.06 bits per heavy atom. The predicted octanol–water partition coefficient (Wildman–Crippen LogP) is 3.85. The van der Waals surface area contributed by atoms with Gasteiger partial charge in [-0.3, -0.25) is 4.21 Å². The van der Waals surface area contributed by atoms with Crippen molar-refractivity contribution in [3.63, 3.8) is 0 Å². The van der Waals surface area contributed by atoms with Crippen molar-refractivity contribution < 1.29 is 4.21 Å². The van der Waals surface area contributed by atoms with Crippen LogP contribution in [0.2, 0.25) is 0 Å². The van der Waals surface area contributed by atoms with Gasteiger partial charge in [0.25, 0.3) is 0 Å². The maximum atomic E-state index is 11.6. The van der Waals surface area contributed by atoms with Crippen LogP contribution in [0.15, 0.2) is 57.9 Å². The quantitative estimate of drug-likeness (QED) is 0.822. The fourth-order valence-electron chi connectivity index (χ4n) is 1.60. The van der Waals surface area contributed by atoms with Crippen molar-refractivity contribution in [3.05, 3.63) is 53.0 Å². The Hall–Kier alpha value is -0.930. The Morgan fingerprint density at radius 2 is 1.75 bits per heavy atom. The minimum Gasteiger partial charge on any atom is -0.255 e. The van der Waals surface area contributed by atoms with Gasteiger partial charge in [-0.15, -0.1) is 0 Å². The summed E-state index contributed by atoms with van der Waals surface area (Å²) in [6.07, 6.45) is 1.70. The molecule has 0 aromatic heterocycles. The SMILES string of the molecule is CS(=O)c1ccc(Br)cc1-c1ccccc1. The third kappa shape index (κ3) is 2.42. The number of rotatable bonds is 2. The predicted molar refractivity (Wildman–Crippen MR) is 71.9 cm³/mol. The second-order valence-corrected chi connectivity index (χ2v) is 5.72. The molecule has 0 spiro atoms. The van der Waals surface area contributed by atoms with Gasteiger partial charge in [-0.05, 0) is 29.3 Å². The second kappa shape index (κ2) is 4.93. The molecule has 2 aromatic rings.